The molecule has 0 radical (unpaired) electrons. The molecule has 2 rings (SSSR count). The van der Waals surface area contributed by atoms with Crippen LogP contribution in [0.1, 0.15) is 18.2 Å². The second kappa shape index (κ2) is 3.98. The third-order valence-corrected chi connectivity index (χ3v) is 2.37. The van der Waals surface area contributed by atoms with Gasteiger partial charge in [-0.2, -0.15) is 0 Å². The van der Waals surface area contributed by atoms with Crippen molar-refractivity contribution < 1.29 is 9.47 Å². The van der Waals surface area contributed by atoms with Crippen molar-refractivity contribution >= 4 is 0 Å². The molecule has 14 heavy (non-hydrogen) atoms. The fourth-order valence-electron chi connectivity index (χ4n) is 1.69. The summed E-state index contributed by atoms with van der Waals surface area (Å²) in [5.41, 5.74) is 0.803. The van der Waals surface area contributed by atoms with Gasteiger partial charge in [-0.1, -0.05) is 0 Å². The van der Waals surface area contributed by atoms with Gasteiger partial charge in [0.05, 0.1) is 24.9 Å². The van der Waals surface area contributed by atoms with E-state index in [1.807, 2.05) is 0 Å². The molecule has 0 aromatic carbocycles. The smallest absolute Gasteiger partial charge is 0.267 e. The number of aromatic nitrogens is 2. The Balaban J connectivity index is 2.20. The third kappa shape index (κ3) is 1.73. The Bertz CT molecular complexity index is 349. The molecule has 5 nitrogen and oxygen atoms in total. The highest BCUT2D eigenvalue weighted by Crippen LogP contribution is 2.15. The lowest BCUT2D eigenvalue weighted by Gasteiger charge is -2.07. The minimum Gasteiger partial charge on any atom is -0.379 e. The predicted molar refractivity (Wildman–Crippen MR) is 50.2 cm³/mol. The van der Waals surface area contributed by atoms with Crippen molar-refractivity contribution in [3.05, 3.63) is 22.1 Å². The van der Waals surface area contributed by atoms with Crippen LogP contribution in [-0.2, 0) is 16.1 Å². The van der Waals surface area contributed by atoms with E-state index in [2.05, 4.69) is 5.10 Å². The summed E-state index contributed by atoms with van der Waals surface area (Å²) in [4.78, 5) is 11.5. The first-order valence-corrected chi connectivity index (χ1v) is 4.68. The molecule has 1 N–H and O–H groups in total. The average Bonchev–Trinajstić information content (AvgIpc) is 2.74. The van der Waals surface area contributed by atoms with Gasteiger partial charge in [-0.25, -0.2) is 4.68 Å². The molecule has 1 saturated heterocycles. The molecule has 1 atom stereocenters. The van der Waals surface area contributed by atoms with Gasteiger partial charge in [0.1, 0.15) is 0 Å². The van der Waals surface area contributed by atoms with Crippen LogP contribution in [0.15, 0.2) is 10.9 Å². The van der Waals surface area contributed by atoms with Crippen LogP contribution < -0.4 is 5.56 Å². The first kappa shape index (κ1) is 9.48. The van der Waals surface area contributed by atoms with Crippen molar-refractivity contribution in [2.24, 2.45) is 0 Å². The van der Waals surface area contributed by atoms with E-state index in [-0.39, 0.29) is 11.6 Å². The maximum atomic E-state index is 11.5. The number of hydrogen-bond donors (Lipinski definition) is 1. The van der Waals surface area contributed by atoms with E-state index in [0.29, 0.717) is 13.2 Å². The Kier molecular flexibility index (Phi) is 2.69. The Morgan fingerprint density at radius 2 is 2.64 bits per heavy atom. The van der Waals surface area contributed by atoms with E-state index in [4.69, 9.17) is 9.47 Å². The molecule has 78 valence electrons. The summed E-state index contributed by atoms with van der Waals surface area (Å²) in [5, 5.41) is 3.02. The molecule has 1 aromatic rings. The third-order valence-electron chi connectivity index (χ3n) is 2.37. The summed E-state index contributed by atoms with van der Waals surface area (Å²) in [6.07, 6.45) is 0.896. The Morgan fingerprint density at radius 1 is 1.79 bits per heavy atom. The molecule has 0 saturated carbocycles. The van der Waals surface area contributed by atoms with E-state index in [1.165, 1.54) is 0 Å². The molecule has 1 aliphatic rings. The molecule has 2 heterocycles. The average molecular weight is 198 g/mol. The molecule has 1 aromatic heterocycles. The molecule has 0 aliphatic carbocycles. The van der Waals surface area contributed by atoms with Crippen LogP contribution in [0, 0.1) is 0 Å². The van der Waals surface area contributed by atoms with Gasteiger partial charge in [-0.15, -0.1) is 0 Å². The van der Waals surface area contributed by atoms with E-state index in [9.17, 15) is 4.79 Å². The molecular weight excluding hydrogens is 184 g/mol. The fourth-order valence-corrected chi connectivity index (χ4v) is 1.69. The molecule has 0 bridgehead atoms. The Hall–Kier alpha value is -1.07. The van der Waals surface area contributed by atoms with Crippen LogP contribution in [0.25, 0.3) is 0 Å². The van der Waals surface area contributed by atoms with Gasteiger partial charge < -0.3 is 9.47 Å². The highest BCUT2D eigenvalue weighted by Gasteiger charge is 2.19. The van der Waals surface area contributed by atoms with Crippen molar-refractivity contribution in [2.45, 2.75) is 19.1 Å². The van der Waals surface area contributed by atoms with Gasteiger partial charge in [-0.3, -0.25) is 9.89 Å². The molecule has 5 heteroatoms. The Morgan fingerprint density at radius 3 is 3.29 bits per heavy atom. The number of methoxy groups -OCH3 is 1. The predicted octanol–water partition coefficient (Wildman–Crippen LogP) is 0.284. The number of nitrogens with one attached hydrogen (secondary N) is 1. The van der Waals surface area contributed by atoms with Crippen LogP contribution >= 0.6 is 0 Å². The monoisotopic (exact) mass is 198 g/mol. The highest BCUT2D eigenvalue weighted by atomic mass is 16.5. The minimum atomic E-state index is -0.00690. The second-order valence-corrected chi connectivity index (χ2v) is 3.44. The van der Waals surface area contributed by atoms with E-state index >= 15 is 0 Å². The van der Waals surface area contributed by atoms with Crippen LogP contribution in [0.2, 0.25) is 0 Å². The van der Waals surface area contributed by atoms with E-state index < -0.39 is 0 Å². The number of aromatic amines is 1. The largest absolute Gasteiger partial charge is 0.379 e. The van der Waals surface area contributed by atoms with Crippen LogP contribution in [0.3, 0.4) is 0 Å². The zero-order valence-electron chi connectivity index (χ0n) is 8.16. The number of rotatable bonds is 3. The van der Waals surface area contributed by atoms with Crippen molar-refractivity contribution in [2.75, 3.05) is 20.3 Å². The van der Waals surface area contributed by atoms with Gasteiger partial charge in [0.15, 0.2) is 0 Å². The van der Waals surface area contributed by atoms with Crippen molar-refractivity contribution in [1.29, 1.82) is 0 Å². The maximum absolute atomic E-state index is 11.5. The van der Waals surface area contributed by atoms with E-state index in [0.717, 1.165) is 18.7 Å². The number of H-pyrrole nitrogens is 1. The number of ether oxygens (including phenoxy) is 2. The Labute approximate surface area is 81.6 Å². The van der Waals surface area contributed by atoms with Crippen LogP contribution in [-0.4, -0.2) is 30.1 Å². The van der Waals surface area contributed by atoms with Gasteiger partial charge >= 0.3 is 0 Å². The van der Waals surface area contributed by atoms with Crippen LogP contribution in [0.5, 0.6) is 0 Å². The zero-order valence-corrected chi connectivity index (χ0v) is 8.16. The SMILES string of the molecule is COCc1cc(=O)n(C2CCOC2)[nH]1. The quantitative estimate of drug-likeness (QED) is 0.759. The van der Waals surface area contributed by atoms with Gasteiger partial charge in [-0.05, 0) is 6.42 Å². The van der Waals surface area contributed by atoms with Gasteiger partial charge in [0, 0.05) is 19.8 Å². The van der Waals surface area contributed by atoms with Crippen molar-refractivity contribution in [3.8, 4) is 0 Å². The molecule has 1 fully saturated rings. The number of nitrogens with zero attached hydrogens (tertiary/aromatic N) is 1. The van der Waals surface area contributed by atoms with Gasteiger partial charge in [0.25, 0.3) is 5.56 Å². The summed E-state index contributed by atoms with van der Waals surface area (Å²) in [6.45, 7) is 1.79. The number of hydrogen-bond acceptors (Lipinski definition) is 3. The first-order chi connectivity index (χ1) is 6.81. The normalized spacial score (nSPS) is 21.6. The minimum absolute atomic E-state index is 0.00690. The molecule has 0 amide bonds. The molecule has 0 spiro atoms. The summed E-state index contributed by atoms with van der Waals surface area (Å²) in [7, 11) is 1.61. The zero-order chi connectivity index (χ0) is 9.97. The topological polar surface area (TPSA) is 56.2 Å². The van der Waals surface area contributed by atoms with Gasteiger partial charge in [0.2, 0.25) is 0 Å². The second-order valence-electron chi connectivity index (χ2n) is 3.44. The van der Waals surface area contributed by atoms with Crippen LogP contribution in [0.4, 0.5) is 0 Å². The summed E-state index contributed by atoms with van der Waals surface area (Å²) in [6, 6.07) is 1.73. The lowest BCUT2D eigenvalue weighted by Crippen LogP contribution is -2.22. The maximum Gasteiger partial charge on any atom is 0.267 e. The molecule has 1 aliphatic heterocycles. The summed E-state index contributed by atoms with van der Waals surface area (Å²) in [5.74, 6) is 0. The fraction of sp³-hybridized carbons (Fsp3) is 0.667. The summed E-state index contributed by atoms with van der Waals surface area (Å²) >= 11 is 0. The van der Waals surface area contributed by atoms with E-state index in [1.54, 1.807) is 17.9 Å². The summed E-state index contributed by atoms with van der Waals surface area (Å²) < 4.78 is 11.8. The van der Waals surface area contributed by atoms with Crippen molar-refractivity contribution in [3.63, 3.8) is 0 Å². The standard InChI is InChI=1S/C9H14N2O3/c1-13-5-7-4-9(12)11(10-7)8-2-3-14-6-8/h4,8,10H,2-3,5-6H2,1H3. The van der Waals surface area contributed by atoms with Crippen molar-refractivity contribution in [1.82, 2.24) is 9.78 Å². The lowest BCUT2D eigenvalue weighted by molar-refractivity contribution is 0.176. The molecule has 1 unspecified atom stereocenters. The highest BCUT2D eigenvalue weighted by molar-refractivity contribution is 4.99. The lowest BCUT2D eigenvalue weighted by atomic mass is 10.3. The molecular formula is C9H14N2O3. The first-order valence-electron chi connectivity index (χ1n) is 4.68.